The van der Waals surface area contributed by atoms with Gasteiger partial charge in [0.1, 0.15) is 12.0 Å². The molecule has 0 aliphatic heterocycles. The highest BCUT2D eigenvalue weighted by atomic mass is 19.4. The second-order valence-electron chi connectivity index (χ2n) is 4.90. The van der Waals surface area contributed by atoms with Gasteiger partial charge in [-0.25, -0.2) is 4.98 Å². The summed E-state index contributed by atoms with van der Waals surface area (Å²) in [6, 6.07) is 8.30. The van der Waals surface area contributed by atoms with Gasteiger partial charge in [0.15, 0.2) is 0 Å². The number of hydrogen-bond acceptors (Lipinski definition) is 4. The Hall–Kier alpha value is -3.23. The first-order valence-corrected chi connectivity index (χ1v) is 6.61. The summed E-state index contributed by atoms with van der Waals surface area (Å²) >= 11 is 0. The number of hydrogen-bond donors (Lipinski definition) is 0. The van der Waals surface area contributed by atoms with Gasteiger partial charge in [0.25, 0.3) is 11.2 Å². The number of fused-ring (bicyclic) bond motifs is 1. The van der Waals surface area contributed by atoms with Crippen LogP contribution in [0, 0.1) is 10.1 Å². The van der Waals surface area contributed by atoms with Crippen molar-refractivity contribution < 1.29 is 18.1 Å². The maximum atomic E-state index is 12.7. The fourth-order valence-electron chi connectivity index (χ4n) is 2.29. The standard InChI is InChI=1S/C15H8F3N3O3/c16-15(17,18)9-5-6-12(13(7-9)21(23)24)20-8-19-11-4-2-1-3-10(11)14(20)22/h1-8H. The van der Waals surface area contributed by atoms with E-state index >= 15 is 0 Å². The zero-order valence-electron chi connectivity index (χ0n) is 11.8. The molecule has 0 spiro atoms. The van der Waals surface area contributed by atoms with Crippen LogP contribution >= 0.6 is 0 Å². The van der Waals surface area contributed by atoms with Crippen LogP contribution in [0.1, 0.15) is 5.56 Å². The van der Waals surface area contributed by atoms with Crippen molar-refractivity contribution >= 4 is 16.6 Å². The third-order valence-corrected chi connectivity index (χ3v) is 3.42. The van der Waals surface area contributed by atoms with Gasteiger partial charge in [0.2, 0.25) is 0 Å². The van der Waals surface area contributed by atoms with E-state index < -0.39 is 27.9 Å². The maximum Gasteiger partial charge on any atom is 0.416 e. The lowest BCUT2D eigenvalue weighted by Gasteiger charge is -2.10. The first-order valence-electron chi connectivity index (χ1n) is 6.61. The first-order chi connectivity index (χ1) is 11.3. The molecule has 9 heteroatoms. The minimum Gasteiger partial charge on any atom is -0.268 e. The van der Waals surface area contributed by atoms with Gasteiger partial charge in [0.05, 0.1) is 21.4 Å². The number of rotatable bonds is 2. The molecule has 0 radical (unpaired) electrons. The van der Waals surface area contributed by atoms with E-state index in [1.807, 2.05) is 0 Å². The number of aromatic nitrogens is 2. The number of para-hydroxylation sites is 1. The SMILES string of the molecule is O=c1c2ccccc2ncn1-c1ccc(C(F)(F)F)cc1[N+](=O)[O-]. The largest absolute Gasteiger partial charge is 0.416 e. The second-order valence-corrected chi connectivity index (χ2v) is 4.90. The third-order valence-electron chi connectivity index (χ3n) is 3.42. The number of alkyl halides is 3. The van der Waals surface area contributed by atoms with E-state index in [4.69, 9.17) is 0 Å². The molecule has 3 aromatic rings. The molecule has 1 aromatic heterocycles. The third kappa shape index (κ3) is 2.60. The summed E-state index contributed by atoms with van der Waals surface area (Å²) in [5.41, 5.74) is -2.50. The molecule has 2 aromatic carbocycles. The highest BCUT2D eigenvalue weighted by Gasteiger charge is 2.33. The lowest BCUT2D eigenvalue weighted by molar-refractivity contribution is -0.384. The molecule has 0 saturated heterocycles. The Labute approximate surface area is 131 Å². The molecule has 6 nitrogen and oxygen atoms in total. The van der Waals surface area contributed by atoms with Gasteiger partial charge in [-0.3, -0.25) is 19.5 Å². The number of halogens is 3. The molecular weight excluding hydrogens is 327 g/mol. The molecule has 0 amide bonds. The minimum absolute atomic E-state index is 0.203. The molecule has 0 fully saturated rings. The summed E-state index contributed by atoms with van der Waals surface area (Å²) in [4.78, 5) is 26.7. The summed E-state index contributed by atoms with van der Waals surface area (Å²) in [6.07, 6.45) is -3.67. The molecule has 24 heavy (non-hydrogen) atoms. The molecule has 0 bridgehead atoms. The van der Waals surface area contributed by atoms with Gasteiger partial charge < -0.3 is 0 Å². The van der Waals surface area contributed by atoms with Crippen LogP contribution in [0.3, 0.4) is 0 Å². The zero-order chi connectivity index (χ0) is 17.5. The topological polar surface area (TPSA) is 78.0 Å². The van der Waals surface area contributed by atoms with Crippen LogP contribution in [0.2, 0.25) is 0 Å². The molecule has 0 aliphatic rings. The Balaban J connectivity index is 2.28. The van der Waals surface area contributed by atoms with Gasteiger partial charge in [-0.2, -0.15) is 13.2 Å². The van der Waals surface area contributed by atoms with Gasteiger partial charge in [-0.1, -0.05) is 12.1 Å². The summed E-state index contributed by atoms with van der Waals surface area (Å²) in [6.45, 7) is 0. The van der Waals surface area contributed by atoms with E-state index in [0.717, 1.165) is 17.0 Å². The Kier molecular flexibility index (Phi) is 3.55. The van der Waals surface area contributed by atoms with Crippen LogP contribution in [0.25, 0.3) is 16.6 Å². The van der Waals surface area contributed by atoms with Crippen LogP contribution in [0.15, 0.2) is 53.6 Å². The van der Waals surface area contributed by atoms with Crippen molar-refractivity contribution in [3.05, 3.63) is 74.8 Å². The van der Waals surface area contributed by atoms with Gasteiger partial charge in [0, 0.05) is 6.07 Å². The highest BCUT2D eigenvalue weighted by molar-refractivity contribution is 5.77. The Bertz CT molecular complexity index is 1010. The predicted octanol–water partition coefficient (Wildman–Crippen LogP) is 3.31. The first kappa shape index (κ1) is 15.7. The van der Waals surface area contributed by atoms with Gasteiger partial charge in [-0.05, 0) is 24.3 Å². The van der Waals surface area contributed by atoms with Crippen LogP contribution in [0.4, 0.5) is 18.9 Å². The molecule has 0 saturated carbocycles. The molecule has 122 valence electrons. The van der Waals surface area contributed by atoms with Gasteiger partial charge in [-0.15, -0.1) is 0 Å². The average Bonchev–Trinajstić information content (AvgIpc) is 2.54. The molecule has 0 unspecified atom stereocenters. The summed E-state index contributed by atoms with van der Waals surface area (Å²) in [7, 11) is 0. The van der Waals surface area contributed by atoms with E-state index in [1.54, 1.807) is 18.2 Å². The minimum atomic E-state index is -4.73. The normalized spacial score (nSPS) is 11.6. The highest BCUT2D eigenvalue weighted by Crippen LogP contribution is 2.34. The summed E-state index contributed by atoms with van der Waals surface area (Å²) in [5, 5.41) is 11.4. The molecule has 0 aliphatic carbocycles. The van der Waals surface area contributed by atoms with Crippen molar-refractivity contribution in [3.63, 3.8) is 0 Å². The van der Waals surface area contributed by atoms with Crippen LogP contribution < -0.4 is 5.56 Å². The predicted molar refractivity (Wildman–Crippen MR) is 79.0 cm³/mol. The Morgan fingerprint density at radius 3 is 2.50 bits per heavy atom. The van der Waals surface area contributed by atoms with E-state index in [-0.39, 0.29) is 11.1 Å². The van der Waals surface area contributed by atoms with Crippen LogP contribution in [0.5, 0.6) is 0 Å². The van der Waals surface area contributed by atoms with Crippen molar-refractivity contribution in [2.75, 3.05) is 0 Å². The fourth-order valence-corrected chi connectivity index (χ4v) is 2.29. The van der Waals surface area contributed by atoms with Gasteiger partial charge >= 0.3 is 6.18 Å². The quantitative estimate of drug-likeness (QED) is 0.532. The molecular formula is C15H8F3N3O3. The van der Waals surface area contributed by atoms with E-state index in [1.165, 1.54) is 6.07 Å². The van der Waals surface area contributed by atoms with E-state index in [2.05, 4.69) is 4.98 Å². The fraction of sp³-hybridized carbons (Fsp3) is 0.0667. The lowest BCUT2D eigenvalue weighted by atomic mass is 10.1. The van der Waals surface area contributed by atoms with Crippen molar-refractivity contribution in [1.82, 2.24) is 9.55 Å². The number of nitro benzene ring substituents is 1. The van der Waals surface area contributed by atoms with Crippen molar-refractivity contribution in [2.24, 2.45) is 0 Å². The van der Waals surface area contributed by atoms with Crippen molar-refractivity contribution in [1.29, 1.82) is 0 Å². The monoisotopic (exact) mass is 335 g/mol. The van der Waals surface area contributed by atoms with E-state index in [9.17, 15) is 28.1 Å². The van der Waals surface area contributed by atoms with Crippen molar-refractivity contribution in [2.45, 2.75) is 6.18 Å². The maximum absolute atomic E-state index is 12.7. The number of nitro groups is 1. The molecule has 0 atom stereocenters. The molecule has 0 N–H and O–H groups in total. The molecule has 1 heterocycles. The summed E-state index contributed by atoms with van der Waals surface area (Å²) in [5.74, 6) is 0. The lowest BCUT2D eigenvalue weighted by Crippen LogP contribution is -2.20. The average molecular weight is 335 g/mol. The second kappa shape index (κ2) is 5.44. The Morgan fingerprint density at radius 1 is 1.12 bits per heavy atom. The number of nitrogens with zero attached hydrogens (tertiary/aromatic N) is 3. The van der Waals surface area contributed by atoms with Crippen LogP contribution in [-0.2, 0) is 6.18 Å². The zero-order valence-corrected chi connectivity index (χ0v) is 11.8. The van der Waals surface area contributed by atoms with Crippen LogP contribution in [-0.4, -0.2) is 14.5 Å². The molecule has 3 rings (SSSR count). The smallest absolute Gasteiger partial charge is 0.268 e. The number of benzene rings is 2. The van der Waals surface area contributed by atoms with E-state index in [0.29, 0.717) is 17.6 Å². The van der Waals surface area contributed by atoms with Crippen molar-refractivity contribution in [3.8, 4) is 5.69 Å². The summed E-state index contributed by atoms with van der Waals surface area (Å²) < 4.78 is 39.1. The Morgan fingerprint density at radius 2 is 1.83 bits per heavy atom.